The third kappa shape index (κ3) is 4.24. The summed E-state index contributed by atoms with van der Waals surface area (Å²) in [6.07, 6.45) is 7.11. The van der Waals surface area contributed by atoms with Gasteiger partial charge in [0.25, 0.3) is 0 Å². The van der Waals surface area contributed by atoms with E-state index in [0.29, 0.717) is 6.79 Å². The van der Waals surface area contributed by atoms with Gasteiger partial charge in [0.2, 0.25) is 12.7 Å². The molecule has 3 aliphatic heterocycles. The Bertz CT molecular complexity index is 830. The highest BCUT2D eigenvalue weighted by molar-refractivity contribution is 5.45. The van der Waals surface area contributed by atoms with Crippen LogP contribution in [0.3, 0.4) is 0 Å². The smallest absolute Gasteiger partial charge is 0.231 e. The van der Waals surface area contributed by atoms with E-state index in [-0.39, 0.29) is 0 Å². The van der Waals surface area contributed by atoms with Gasteiger partial charge >= 0.3 is 0 Å². The number of fused-ring (bicyclic) bond motifs is 1. The fourth-order valence-corrected chi connectivity index (χ4v) is 4.37. The maximum absolute atomic E-state index is 5.50. The minimum absolute atomic E-state index is 0.327. The van der Waals surface area contributed by atoms with Crippen LogP contribution in [0.15, 0.2) is 30.5 Å². The van der Waals surface area contributed by atoms with Crippen LogP contribution in [0.2, 0.25) is 0 Å². The highest BCUT2D eigenvalue weighted by Crippen LogP contribution is 2.33. The van der Waals surface area contributed by atoms with Crippen molar-refractivity contribution in [3.8, 4) is 11.5 Å². The Labute approximate surface area is 172 Å². The standard InChI is InChI=1S/C22H29N5O2/c1-2-4-10-26(9-3-1)21-7-8-23-22(24-21)27-13-11-25(12-14-27)16-18-5-6-19-20(15-18)29-17-28-19/h5-8,15H,1-4,9-14,16-17H2. The van der Waals surface area contributed by atoms with Crippen LogP contribution in [0, 0.1) is 0 Å². The summed E-state index contributed by atoms with van der Waals surface area (Å²) in [5.74, 6) is 3.66. The summed E-state index contributed by atoms with van der Waals surface area (Å²) < 4.78 is 10.9. The SMILES string of the molecule is c1cc(N2CCCCCC2)nc(N2CCN(Cc3ccc4c(c3)OCO4)CC2)n1. The van der Waals surface area contributed by atoms with Gasteiger partial charge in [0.05, 0.1) is 0 Å². The number of anilines is 2. The molecule has 2 saturated heterocycles. The fraction of sp³-hybridized carbons (Fsp3) is 0.545. The van der Waals surface area contributed by atoms with Crippen molar-refractivity contribution < 1.29 is 9.47 Å². The van der Waals surface area contributed by atoms with Gasteiger partial charge in [0.15, 0.2) is 11.5 Å². The lowest BCUT2D eigenvalue weighted by Gasteiger charge is -2.35. The van der Waals surface area contributed by atoms with Crippen molar-refractivity contribution >= 4 is 11.8 Å². The fourth-order valence-electron chi connectivity index (χ4n) is 4.37. The number of piperazine rings is 1. The van der Waals surface area contributed by atoms with Gasteiger partial charge in [-0.3, -0.25) is 4.90 Å². The number of aromatic nitrogens is 2. The number of benzene rings is 1. The van der Waals surface area contributed by atoms with Crippen molar-refractivity contribution in [3.05, 3.63) is 36.0 Å². The van der Waals surface area contributed by atoms with E-state index >= 15 is 0 Å². The second kappa shape index (κ2) is 8.45. The molecule has 0 spiro atoms. The predicted octanol–water partition coefficient (Wildman–Crippen LogP) is 2.91. The Hall–Kier alpha value is -2.54. The topological polar surface area (TPSA) is 54.0 Å². The summed E-state index contributed by atoms with van der Waals surface area (Å²) in [6.45, 7) is 7.39. The Kier molecular flexibility index (Phi) is 5.39. The Balaban J connectivity index is 1.19. The zero-order valence-corrected chi connectivity index (χ0v) is 16.9. The largest absolute Gasteiger partial charge is 0.454 e. The molecule has 1 aromatic heterocycles. The van der Waals surface area contributed by atoms with Crippen LogP contribution in [-0.4, -0.2) is 60.9 Å². The molecule has 7 nitrogen and oxygen atoms in total. The Morgan fingerprint density at radius 1 is 0.793 bits per heavy atom. The van der Waals surface area contributed by atoms with E-state index in [0.717, 1.165) is 69.1 Å². The van der Waals surface area contributed by atoms with Gasteiger partial charge in [-0.1, -0.05) is 18.9 Å². The lowest BCUT2D eigenvalue weighted by molar-refractivity contribution is 0.174. The third-order valence-electron chi connectivity index (χ3n) is 6.06. The summed E-state index contributed by atoms with van der Waals surface area (Å²) >= 11 is 0. The van der Waals surface area contributed by atoms with Crippen LogP contribution in [0.25, 0.3) is 0 Å². The molecule has 0 amide bonds. The highest BCUT2D eigenvalue weighted by atomic mass is 16.7. The summed E-state index contributed by atoms with van der Waals surface area (Å²) in [5.41, 5.74) is 1.27. The van der Waals surface area contributed by atoms with E-state index in [1.165, 1.54) is 31.2 Å². The monoisotopic (exact) mass is 395 g/mol. The molecule has 0 atom stereocenters. The molecule has 1 aromatic carbocycles. The van der Waals surface area contributed by atoms with Crippen LogP contribution in [0.1, 0.15) is 31.2 Å². The molecule has 0 radical (unpaired) electrons. The Morgan fingerprint density at radius 2 is 1.59 bits per heavy atom. The highest BCUT2D eigenvalue weighted by Gasteiger charge is 2.21. The minimum Gasteiger partial charge on any atom is -0.454 e. The zero-order valence-electron chi connectivity index (χ0n) is 16.9. The average molecular weight is 396 g/mol. The molecule has 4 heterocycles. The first-order valence-corrected chi connectivity index (χ1v) is 10.8. The number of nitrogens with zero attached hydrogens (tertiary/aromatic N) is 5. The Morgan fingerprint density at radius 3 is 2.41 bits per heavy atom. The van der Waals surface area contributed by atoms with Crippen LogP contribution >= 0.6 is 0 Å². The van der Waals surface area contributed by atoms with Gasteiger partial charge in [-0.2, -0.15) is 4.98 Å². The van der Waals surface area contributed by atoms with Crippen LogP contribution in [0.4, 0.5) is 11.8 Å². The van der Waals surface area contributed by atoms with E-state index in [1.807, 2.05) is 12.3 Å². The second-order valence-corrected chi connectivity index (χ2v) is 8.07. The number of rotatable bonds is 4. The molecular formula is C22H29N5O2. The molecule has 0 bridgehead atoms. The first kappa shape index (κ1) is 18.5. The molecule has 0 aliphatic carbocycles. The molecule has 0 N–H and O–H groups in total. The molecule has 7 heteroatoms. The van der Waals surface area contributed by atoms with E-state index in [4.69, 9.17) is 14.5 Å². The van der Waals surface area contributed by atoms with Crippen molar-refractivity contribution in [3.63, 3.8) is 0 Å². The lowest BCUT2D eigenvalue weighted by Crippen LogP contribution is -2.46. The zero-order chi connectivity index (χ0) is 19.5. The summed E-state index contributed by atoms with van der Waals surface area (Å²) in [6, 6.07) is 8.30. The minimum atomic E-state index is 0.327. The predicted molar refractivity (Wildman–Crippen MR) is 113 cm³/mol. The number of hydrogen-bond donors (Lipinski definition) is 0. The van der Waals surface area contributed by atoms with Crippen molar-refractivity contribution in [1.82, 2.24) is 14.9 Å². The quantitative estimate of drug-likeness (QED) is 0.789. The van der Waals surface area contributed by atoms with E-state index < -0.39 is 0 Å². The van der Waals surface area contributed by atoms with Crippen LogP contribution in [-0.2, 0) is 6.54 Å². The van der Waals surface area contributed by atoms with E-state index in [9.17, 15) is 0 Å². The van der Waals surface area contributed by atoms with Gasteiger partial charge < -0.3 is 19.3 Å². The lowest BCUT2D eigenvalue weighted by atomic mass is 10.1. The molecular weight excluding hydrogens is 366 g/mol. The van der Waals surface area contributed by atoms with E-state index in [2.05, 4.69) is 37.9 Å². The van der Waals surface area contributed by atoms with Gasteiger partial charge in [0, 0.05) is 52.0 Å². The number of ether oxygens (including phenoxy) is 2. The first-order valence-electron chi connectivity index (χ1n) is 10.8. The maximum Gasteiger partial charge on any atom is 0.231 e. The summed E-state index contributed by atoms with van der Waals surface area (Å²) in [7, 11) is 0. The number of hydrogen-bond acceptors (Lipinski definition) is 7. The van der Waals surface area contributed by atoms with Crippen molar-refractivity contribution in [2.45, 2.75) is 32.2 Å². The second-order valence-electron chi connectivity index (χ2n) is 8.07. The summed E-state index contributed by atoms with van der Waals surface area (Å²) in [4.78, 5) is 16.7. The maximum atomic E-state index is 5.50. The molecule has 0 unspecified atom stereocenters. The molecule has 0 saturated carbocycles. The van der Waals surface area contributed by atoms with Gasteiger partial charge in [-0.25, -0.2) is 4.98 Å². The van der Waals surface area contributed by atoms with Gasteiger partial charge in [-0.05, 0) is 36.6 Å². The normalized spacial score (nSPS) is 20.0. The molecule has 2 aromatic rings. The van der Waals surface area contributed by atoms with Crippen LogP contribution < -0.4 is 19.3 Å². The van der Waals surface area contributed by atoms with Crippen molar-refractivity contribution in [2.75, 3.05) is 55.9 Å². The third-order valence-corrected chi connectivity index (χ3v) is 6.06. The van der Waals surface area contributed by atoms with Crippen molar-refractivity contribution in [2.24, 2.45) is 0 Å². The molecule has 29 heavy (non-hydrogen) atoms. The first-order chi connectivity index (χ1) is 14.3. The van der Waals surface area contributed by atoms with Crippen LogP contribution in [0.5, 0.6) is 11.5 Å². The molecule has 3 aliphatic rings. The molecule has 2 fully saturated rings. The summed E-state index contributed by atoms with van der Waals surface area (Å²) in [5, 5.41) is 0. The molecule has 154 valence electrons. The average Bonchev–Trinajstić information content (AvgIpc) is 3.06. The molecule has 5 rings (SSSR count). The van der Waals surface area contributed by atoms with Gasteiger partial charge in [0.1, 0.15) is 5.82 Å². The van der Waals surface area contributed by atoms with Gasteiger partial charge in [-0.15, -0.1) is 0 Å². The van der Waals surface area contributed by atoms with Crippen molar-refractivity contribution in [1.29, 1.82) is 0 Å². The van der Waals surface area contributed by atoms with E-state index in [1.54, 1.807) is 0 Å².